The number of rotatable bonds is 14. The molecule has 31 heavy (non-hydrogen) atoms. The number of anilines is 1. The standard InChI is InChI=1S/C27H35N3O/c1-2-3-4-5-6-7-8-9-10-17-22-30(24-20-15-12-16-21-24)26-25(27(31)29-28-26)23-18-13-11-14-19-23/h11-16,18-21H,2-10,17,22H2,1H3. The fourth-order valence-corrected chi connectivity index (χ4v) is 4.06. The molecule has 1 aliphatic rings. The Morgan fingerprint density at radius 3 is 1.84 bits per heavy atom. The van der Waals surface area contributed by atoms with Gasteiger partial charge < -0.3 is 4.90 Å². The minimum absolute atomic E-state index is 0.259. The first-order valence-electron chi connectivity index (χ1n) is 11.9. The van der Waals surface area contributed by atoms with Gasteiger partial charge in [0.25, 0.3) is 5.91 Å². The van der Waals surface area contributed by atoms with E-state index < -0.39 is 0 Å². The number of hydrogen-bond acceptors (Lipinski definition) is 3. The molecular weight excluding hydrogens is 382 g/mol. The molecule has 0 spiro atoms. The lowest BCUT2D eigenvalue weighted by Crippen LogP contribution is -2.23. The number of azo groups is 1. The number of para-hydroxylation sites is 1. The molecule has 164 valence electrons. The quantitative estimate of drug-likeness (QED) is 0.295. The lowest BCUT2D eigenvalue weighted by atomic mass is 10.0. The second-order valence-corrected chi connectivity index (χ2v) is 8.24. The Kier molecular flexibility index (Phi) is 9.49. The maximum Gasteiger partial charge on any atom is 0.299 e. The zero-order valence-corrected chi connectivity index (χ0v) is 18.8. The Morgan fingerprint density at radius 2 is 1.23 bits per heavy atom. The van der Waals surface area contributed by atoms with Crippen molar-refractivity contribution in [1.29, 1.82) is 0 Å². The van der Waals surface area contributed by atoms with E-state index >= 15 is 0 Å². The maximum atomic E-state index is 12.5. The minimum atomic E-state index is -0.259. The van der Waals surface area contributed by atoms with Crippen LogP contribution < -0.4 is 4.90 Å². The summed E-state index contributed by atoms with van der Waals surface area (Å²) >= 11 is 0. The van der Waals surface area contributed by atoms with Crippen LogP contribution in [-0.2, 0) is 4.79 Å². The molecule has 4 heteroatoms. The van der Waals surface area contributed by atoms with Crippen LogP contribution in [0.25, 0.3) is 5.57 Å². The van der Waals surface area contributed by atoms with Gasteiger partial charge in [0, 0.05) is 12.2 Å². The number of hydrogen-bond donors (Lipinski definition) is 0. The van der Waals surface area contributed by atoms with E-state index in [1.807, 2.05) is 48.5 Å². The summed E-state index contributed by atoms with van der Waals surface area (Å²) in [7, 11) is 0. The molecule has 1 aliphatic heterocycles. The van der Waals surface area contributed by atoms with Gasteiger partial charge in [-0.2, -0.15) is 0 Å². The highest BCUT2D eigenvalue weighted by atomic mass is 16.2. The zero-order chi connectivity index (χ0) is 21.7. The van der Waals surface area contributed by atoms with Crippen LogP contribution in [0.5, 0.6) is 0 Å². The second-order valence-electron chi connectivity index (χ2n) is 8.24. The van der Waals surface area contributed by atoms with E-state index in [0.29, 0.717) is 11.4 Å². The van der Waals surface area contributed by atoms with Gasteiger partial charge in [0.1, 0.15) is 0 Å². The molecule has 0 unspecified atom stereocenters. The third-order valence-electron chi connectivity index (χ3n) is 5.79. The van der Waals surface area contributed by atoms with Crippen LogP contribution in [0.4, 0.5) is 5.69 Å². The van der Waals surface area contributed by atoms with Gasteiger partial charge in [-0.05, 0) is 24.1 Å². The highest BCUT2D eigenvalue weighted by Crippen LogP contribution is 2.32. The van der Waals surface area contributed by atoms with Crippen molar-refractivity contribution in [3.8, 4) is 0 Å². The number of benzene rings is 2. The molecule has 0 bridgehead atoms. The molecule has 3 rings (SSSR count). The predicted molar refractivity (Wildman–Crippen MR) is 129 cm³/mol. The van der Waals surface area contributed by atoms with Crippen molar-refractivity contribution in [3.05, 3.63) is 72.0 Å². The summed E-state index contributed by atoms with van der Waals surface area (Å²) in [5, 5.41) is 8.19. The Balaban J connectivity index is 1.60. The third kappa shape index (κ3) is 6.88. The molecule has 0 saturated carbocycles. The van der Waals surface area contributed by atoms with E-state index in [1.54, 1.807) is 0 Å². The lowest BCUT2D eigenvalue weighted by Gasteiger charge is -2.24. The van der Waals surface area contributed by atoms with Crippen molar-refractivity contribution in [3.63, 3.8) is 0 Å². The number of unbranched alkanes of at least 4 members (excludes halogenated alkanes) is 9. The summed E-state index contributed by atoms with van der Waals surface area (Å²) < 4.78 is 0. The SMILES string of the molecule is CCCCCCCCCCCCN(C1=C(c2ccccc2)C(=O)N=N1)c1ccccc1. The molecule has 0 N–H and O–H groups in total. The van der Waals surface area contributed by atoms with E-state index in [0.717, 1.165) is 24.2 Å². The fraction of sp³-hybridized carbons (Fsp3) is 0.444. The number of carbonyl (C=O) groups is 1. The largest absolute Gasteiger partial charge is 0.324 e. The smallest absolute Gasteiger partial charge is 0.299 e. The first kappa shape index (κ1) is 22.9. The number of amides is 1. The minimum Gasteiger partial charge on any atom is -0.324 e. The predicted octanol–water partition coefficient (Wildman–Crippen LogP) is 7.78. The molecule has 0 atom stereocenters. The van der Waals surface area contributed by atoms with Gasteiger partial charge in [-0.1, -0.05) is 113 Å². The van der Waals surface area contributed by atoms with Crippen molar-refractivity contribution in [2.24, 2.45) is 10.2 Å². The van der Waals surface area contributed by atoms with E-state index in [9.17, 15) is 4.79 Å². The zero-order valence-electron chi connectivity index (χ0n) is 18.8. The van der Waals surface area contributed by atoms with E-state index in [2.05, 4.69) is 34.2 Å². The van der Waals surface area contributed by atoms with Gasteiger partial charge in [-0.25, -0.2) is 0 Å². The molecule has 2 aromatic rings. The normalized spacial score (nSPS) is 13.3. The summed E-state index contributed by atoms with van der Waals surface area (Å²) in [5.74, 6) is 0.406. The summed E-state index contributed by atoms with van der Waals surface area (Å²) in [6.45, 7) is 3.10. The van der Waals surface area contributed by atoms with Gasteiger partial charge in [-0.15, -0.1) is 10.2 Å². The molecule has 0 radical (unpaired) electrons. The van der Waals surface area contributed by atoms with Crippen LogP contribution in [0, 0.1) is 0 Å². The van der Waals surface area contributed by atoms with Gasteiger partial charge in [0.2, 0.25) is 0 Å². The second kappa shape index (κ2) is 12.8. The lowest BCUT2D eigenvalue weighted by molar-refractivity contribution is -0.112. The van der Waals surface area contributed by atoms with Crippen LogP contribution in [0.15, 0.2) is 76.7 Å². The molecular formula is C27H35N3O. The molecule has 2 aromatic carbocycles. The summed E-state index contributed by atoms with van der Waals surface area (Å²) in [6, 6.07) is 20.0. The topological polar surface area (TPSA) is 45.0 Å². The molecule has 0 fully saturated rings. The maximum absolute atomic E-state index is 12.5. The van der Waals surface area contributed by atoms with Gasteiger partial charge in [-0.3, -0.25) is 4.79 Å². The van der Waals surface area contributed by atoms with Gasteiger partial charge in [0.15, 0.2) is 5.82 Å². The van der Waals surface area contributed by atoms with Crippen LogP contribution in [-0.4, -0.2) is 12.5 Å². The number of nitrogens with zero attached hydrogens (tertiary/aromatic N) is 3. The molecule has 1 amide bonds. The van der Waals surface area contributed by atoms with E-state index in [1.165, 1.54) is 57.8 Å². The highest BCUT2D eigenvalue weighted by molar-refractivity contribution is 6.22. The Morgan fingerprint density at radius 1 is 0.677 bits per heavy atom. The van der Waals surface area contributed by atoms with Crippen LogP contribution in [0.3, 0.4) is 0 Å². The average Bonchev–Trinajstić information content (AvgIpc) is 3.19. The third-order valence-corrected chi connectivity index (χ3v) is 5.79. The molecule has 1 heterocycles. The van der Waals surface area contributed by atoms with Crippen LogP contribution in [0.2, 0.25) is 0 Å². The average molecular weight is 418 g/mol. The highest BCUT2D eigenvalue weighted by Gasteiger charge is 2.27. The Bertz CT molecular complexity index is 859. The van der Waals surface area contributed by atoms with Crippen molar-refractivity contribution < 1.29 is 4.79 Å². The first-order valence-corrected chi connectivity index (χ1v) is 11.9. The molecule has 0 saturated heterocycles. The first-order chi connectivity index (χ1) is 15.3. The fourth-order valence-electron chi connectivity index (χ4n) is 4.06. The molecule has 4 nitrogen and oxygen atoms in total. The molecule has 0 aromatic heterocycles. The van der Waals surface area contributed by atoms with Gasteiger partial charge >= 0.3 is 0 Å². The Hall–Kier alpha value is -2.75. The van der Waals surface area contributed by atoms with Crippen molar-refractivity contribution in [2.75, 3.05) is 11.4 Å². The summed E-state index contributed by atoms with van der Waals surface area (Å²) in [5.41, 5.74) is 2.52. The number of carbonyl (C=O) groups excluding carboxylic acids is 1. The summed E-state index contributed by atoms with van der Waals surface area (Å²) in [4.78, 5) is 14.7. The molecule has 0 aliphatic carbocycles. The Labute approximate surface area is 187 Å². The van der Waals surface area contributed by atoms with Crippen molar-refractivity contribution in [1.82, 2.24) is 0 Å². The van der Waals surface area contributed by atoms with E-state index in [4.69, 9.17) is 0 Å². The van der Waals surface area contributed by atoms with E-state index in [-0.39, 0.29) is 5.91 Å². The van der Waals surface area contributed by atoms with Crippen molar-refractivity contribution >= 4 is 17.2 Å². The van der Waals surface area contributed by atoms with Crippen molar-refractivity contribution in [2.45, 2.75) is 71.1 Å². The van der Waals surface area contributed by atoms with Gasteiger partial charge in [0.05, 0.1) is 5.57 Å². The monoisotopic (exact) mass is 417 g/mol. The van der Waals surface area contributed by atoms with Crippen LogP contribution in [0.1, 0.15) is 76.7 Å². The van der Waals surface area contributed by atoms with Crippen LogP contribution >= 0.6 is 0 Å². The summed E-state index contributed by atoms with van der Waals surface area (Å²) in [6.07, 6.45) is 13.0.